The van der Waals surface area contributed by atoms with Crippen molar-refractivity contribution >= 4 is 15.9 Å². The Morgan fingerprint density at radius 1 is 0.967 bits per heavy atom. The van der Waals surface area contributed by atoms with Gasteiger partial charge in [-0.1, -0.05) is 45.8 Å². The van der Waals surface area contributed by atoms with Gasteiger partial charge in [-0.05, 0) is 86.0 Å². The largest absolute Gasteiger partial charge is 0.493 e. The summed E-state index contributed by atoms with van der Waals surface area (Å²) in [4.78, 5) is 0. The Labute approximate surface area is 188 Å². The van der Waals surface area contributed by atoms with Gasteiger partial charge in [0.15, 0.2) is 11.5 Å². The highest BCUT2D eigenvalue weighted by molar-refractivity contribution is 9.10. The van der Waals surface area contributed by atoms with Gasteiger partial charge in [0.05, 0.1) is 7.11 Å². The summed E-state index contributed by atoms with van der Waals surface area (Å²) in [5, 5.41) is 3.93. The molecule has 0 amide bonds. The molecule has 4 aliphatic rings. The van der Waals surface area contributed by atoms with Crippen LogP contribution in [0.25, 0.3) is 0 Å². The number of ether oxygens (including phenoxy) is 2. The number of nitrogens with one attached hydrogen (secondary N) is 1. The van der Waals surface area contributed by atoms with E-state index in [0.717, 1.165) is 46.2 Å². The molecule has 0 unspecified atom stereocenters. The summed E-state index contributed by atoms with van der Waals surface area (Å²) in [6.45, 7) is 3.52. The Bertz CT molecular complexity index is 884. The topological polar surface area (TPSA) is 30.5 Å². The van der Waals surface area contributed by atoms with Crippen LogP contribution >= 0.6 is 15.9 Å². The molecule has 4 aliphatic carbocycles. The lowest BCUT2D eigenvalue weighted by molar-refractivity contribution is -0.0142. The second-order valence-corrected chi connectivity index (χ2v) is 10.6. The zero-order chi connectivity index (χ0) is 20.7. The lowest BCUT2D eigenvalue weighted by atomic mass is 9.54. The first kappa shape index (κ1) is 20.4. The molecule has 160 valence electrons. The van der Waals surface area contributed by atoms with E-state index in [2.05, 4.69) is 64.6 Å². The van der Waals surface area contributed by atoms with E-state index in [1.54, 1.807) is 7.11 Å². The van der Waals surface area contributed by atoms with Gasteiger partial charge >= 0.3 is 0 Å². The molecule has 4 saturated carbocycles. The van der Waals surface area contributed by atoms with Crippen LogP contribution in [0.1, 0.15) is 48.8 Å². The van der Waals surface area contributed by atoms with E-state index in [4.69, 9.17) is 9.47 Å². The summed E-state index contributed by atoms with van der Waals surface area (Å²) in [5.41, 5.74) is 3.65. The third-order valence-electron chi connectivity index (χ3n) is 7.56. The first-order chi connectivity index (χ1) is 14.6. The molecule has 0 radical (unpaired) electrons. The average Bonchev–Trinajstić information content (AvgIpc) is 2.72. The van der Waals surface area contributed by atoms with Crippen molar-refractivity contribution in [3.63, 3.8) is 0 Å². The lowest BCUT2D eigenvalue weighted by Gasteiger charge is -2.54. The Hall–Kier alpha value is -1.52. The van der Waals surface area contributed by atoms with Crippen molar-refractivity contribution in [1.29, 1.82) is 0 Å². The molecule has 0 spiro atoms. The average molecular weight is 470 g/mol. The normalized spacial score (nSPS) is 29.2. The summed E-state index contributed by atoms with van der Waals surface area (Å²) in [6.07, 6.45) is 7.29. The van der Waals surface area contributed by atoms with E-state index in [9.17, 15) is 0 Å². The van der Waals surface area contributed by atoms with Gasteiger partial charge in [-0.3, -0.25) is 0 Å². The lowest BCUT2D eigenvalue weighted by Crippen LogP contribution is -2.54. The van der Waals surface area contributed by atoms with E-state index < -0.39 is 0 Å². The molecular weight excluding hydrogens is 438 g/mol. The van der Waals surface area contributed by atoms with E-state index in [0.29, 0.717) is 12.6 Å². The summed E-state index contributed by atoms with van der Waals surface area (Å²) < 4.78 is 12.8. The quantitative estimate of drug-likeness (QED) is 0.518. The van der Waals surface area contributed by atoms with Crippen LogP contribution in [0.3, 0.4) is 0 Å². The molecule has 0 saturated heterocycles. The molecule has 4 heteroatoms. The summed E-state index contributed by atoms with van der Waals surface area (Å²) >= 11 is 3.78. The van der Waals surface area contributed by atoms with Crippen molar-refractivity contribution in [1.82, 2.24) is 5.32 Å². The molecule has 3 nitrogen and oxygen atoms in total. The maximum absolute atomic E-state index is 6.10. The Morgan fingerprint density at radius 2 is 1.70 bits per heavy atom. The Balaban J connectivity index is 1.26. The summed E-state index contributed by atoms with van der Waals surface area (Å²) in [7, 11) is 1.72. The van der Waals surface area contributed by atoms with Crippen molar-refractivity contribution in [3.8, 4) is 11.5 Å². The minimum atomic E-state index is 0.538. The smallest absolute Gasteiger partial charge is 0.162 e. The molecule has 0 aliphatic heterocycles. The fraction of sp³-hybridized carbons (Fsp3) is 0.538. The predicted octanol–water partition coefficient (Wildman–Crippen LogP) is 6.26. The number of methoxy groups -OCH3 is 1. The van der Waals surface area contributed by atoms with Crippen molar-refractivity contribution in [3.05, 3.63) is 57.6 Å². The number of hydrogen-bond donors (Lipinski definition) is 1. The van der Waals surface area contributed by atoms with Crippen molar-refractivity contribution < 1.29 is 9.47 Å². The highest BCUT2D eigenvalue weighted by Gasteiger charge is 2.47. The number of aryl methyl sites for hydroxylation is 1. The van der Waals surface area contributed by atoms with Crippen molar-refractivity contribution in [2.45, 2.75) is 58.2 Å². The standard InChI is InChI=1S/C26H32BrNO2/c1-16-4-3-5-17(6-16)15-30-25-13-23(27)22(12-24(25)29-2)14-28-26-20-8-18-7-19(10-20)11-21(26)9-18/h3-6,12-13,18-21,26,28H,7-11,14-15H2,1-2H3. The molecule has 4 fully saturated rings. The molecule has 6 rings (SSSR count). The maximum Gasteiger partial charge on any atom is 0.162 e. The number of hydrogen-bond acceptors (Lipinski definition) is 3. The van der Waals surface area contributed by atoms with Crippen LogP contribution in [-0.4, -0.2) is 13.2 Å². The minimum Gasteiger partial charge on any atom is -0.493 e. The van der Waals surface area contributed by atoms with Crippen LogP contribution in [0.5, 0.6) is 11.5 Å². The van der Waals surface area contributed by atoms with Crippen molar-refractivity contribution in [2.24, 2.45) is 23.7 Å². The molecule has 1 N–H and O–H groups in total. The highest BCUT2D eigenvalue weighted by atomic mass is 79.9. The van der Waals surface area contributed by atoms with Gasteiger partial charge < -0.3 is 14.8 Å². The van der Waals surface area contributed by atoms with E-state index in [1.165, 1.54) is 48.8 Å². The SMILES string of the molecule is COc1cc(CNC2C3CC4CC(C3)CC2C4)c(Br)cc1OCc1cccc(C)c1. The summed E-state index contributed by atoms with van der Waals surface area (Å²) in [5.74, 6) is 5.39. The molecule has 0 atom stereocenters. The van der Waals surface area contributed by atoms with Gasteiger partial charge in [0.25, 0.3) is 0 Å². The van der Waals surface area contributed by atoms with Crippen LogP contribution < -0.4 is 14.8 Å². The van der Waals surface area contributed by atoms with Crippen molar-refractivity contribution in [2.75, 3.05) is 7.11 Å². The monoisotopic (exact) mass is 469 g/mol. The van der Waals surface area contributed by atoms with Gasteiger partial charge in [0.1, 0.15) is 6.61 Å². The molecule has 30 heavy (non-hydrogen) atoms. The first-order valence-corrected chi connectivity index (χ1v) is 12.2. The predicted molar refractivity (Wildman–Crippen MR) is 124 cm³/mol. The molecule has 4 bridgehead atoms. The van der Waals surface area contributed by atoms with E-state index in [-0.39, 0.29) is 0 Å². The fourth-order valence-corrected chi connectivity index (χ4v) is 6.90. The number of benzene rings is 2. The maximum atomic E-state index is 6.10. The van der Waals surface area contributed by atoms with E-state index in [1.807, 2.05) is 0 Å². The third kappa shape index (κ3) is 4.13. The van der Waals surface area contributed by atoms with Crippen LogP contribution in [0.2, 0.25) is 0 Å². The summed E-state index contributed by atoms with van der Waals surface area (Å²) in [6, 6.07) is 13.3. The third-order valence-corrected chi connectivity index (χ3v) is 8.30. The fourth-order valence-electron chi connectivity index (χ4n) is 6.43. The molecule has 0 heterocycles. The Morgan fingerprint density at radius 3 is 2.37 bits per heavy atom. The van der Waals surface area contributed by atoms with Crippen LogP contribution in [0, 0.1) is 30.6 Å². The van der Waals surface area contributed by atoms with Crippen LogP contribution in [0.15, 0.2) is 40.9 Å². The van der Waals surface area contributed by atoms with Crippen LogP contribution in [0.4, 0.5) is 0 Å². The van der Waals surface area contributed by atoms with Crippen LogP contribution in [-0.2, 0) is 13.2 Å². The molecule has 0 aromatic heterocycles. The molecule has 2 aromatic rings. The Kier molecular flexibility index (Phi) is 5.81. The van der Waals surface area contributed by atoms with Gasteiger partial charge in [-0.15, -0.1) is 0 Å². The van der Waals surface area contributed by atoms with E-state index >= 15 is 0 Å². The zero-order valence-corrected chi connectivity index (χ0v) is 19.6. The zero-order valence-electron chi connectivity index (χ0n) is 18.0. The second kappa shape index (κ2) is 8.55. The number of rotatable bonds is 7. The van der Waals surface area contributed by atoms with Gasteiger partial charge in [0.2, 0.25) is 0 Å². The first-order valence-electron chi connectivity index (χ1n) is 11.4. The highest BCUT2D eigenvalue weighted by Crippen LogP contribution is 2.53. The van der Waals surface area contributed by atoms with Gasteiger partial charge in [-0.2, -0.15) is 0 Å². The number of halogens is 1. The van der Waals surface area contributed by atoms with Gasteiger partial charge in [-0.25, -0.2) is 0 Å². The van der Waals surface area contributed by atoms with Gasteiger partial charge in [0, 0.05) is 17.1 Å². The minimum absolute atomic E-state index is 0.538. The second-order valence-electron chi connectivity index (χ2n) is 9.71. The molecular formula is C26H32BrNO2. The molecule has 2 aromatic carbocycles.